The first-order valence-electron chi connectivity index (χ1n) is 8.62. The average Bonchev–Trinajstić information content (AvgIpc) is 3.16. The third-order valence-corrected chi connectivity index (χ3v) is 7.43. The molecule has 0 aromatic carbocycles. The maximum absolute atomic E-state index is 11.7. The molecule has 144 valence electrons. The number of carboxylic acids is 1. The summed E-state index contributed by atoms with van der Waals surface area (Å²) in [6, 6.07) is 2.35. The molecule has 1 aliphatic rings. The minimum atomic E-state index is -1.05. The van der Waals surface area contributed by atoms with Crippen LogP contribution in [-0.2, 0) is 0 Å². The van der Waals surface area contributed by atoms with Crippen LogP contribution in [-0.4, -0.2) is 44.2 Å². The highest BCUT2D eigenvalue weighted by molar-refractivity contribution is 9.10. The fraction of sp³-hybridized carbons (Fsp3) is 0.529. The normalized spacial score (nSPS) is 15.3. The van der Waals surface area contributed by atoms with Crippen molar-refractivity contribution >= 4 is 50.8 Å². The molecule has 1 fully saturated rings. The highest BCUT2D eigenvalue weighted by Gasteiger charge is 2.28. The molecule has 1 saturated heterocycles. The summed E-state index contributed by atoms with van der Waals surface area (Å²) in [6.07, 6.45) is 1.64. The Morgan fingerprint density at radius 3 is 2.67 bits per heavy atom. The molecule has 2 aromatic heterocycles. The molecule has 3 rings (SSSR count). The zero-order valence-corrected chi connectivity index (χ0v) is 18.5. The lowest BCUT2D eigenvalue weighted by atomic mass is 9.99. The molecule has 0 radical (unpaired) electrons. The average molecular weight is 470 g/mol. The van der Waals surface area contributed by atoms with Gasteiger partial charge in [-0.3, -0.25) is 0 Å². The summed E-state index contributed by atoms with van der Waals surface area (Å²) in [5.41, 5.74) is 0.689. The Morgan fingerprint density at radius 1 is 1.44 bits per heavy atom. The van der Waals surface area contributed by atoms with Gasteiger partial charge in [-0.25, -0.2) is 4.79 Å². The van der Waals surface area contributed by atoms with Crippen molar-refractivity contribution in [1.82, 2.24) is 14.8 Å². The highest BCUT2D eigenvalue weighted by atomic mass is 79.9. The van der Waals surface area contributed by atoms with E-state index in [9.17, 15) is 9.90 Å². The predicted molar refractivity (Wildman–Crippen MR) is 110 cm³/mol. The monoisotopic (exact) mass is 469 g/mol. The molecule has 0 amide bonds. The molecule has 2 aromatic rings. The first-order valence-corrected chi connectivity index (χ1v) is 11.1. The van der Waals surface area contributed by atoms with Crippen molar-refractivity contribution in [2.45, 2.75) is 43.1 Å². The number of rotatable bonds is 5. The second-order valence-corrected chi connectivity index (χ2v) is 10.2. The van der Waals surface area contributed by atoms with E-state index in [1.165, 1.54) is 16.0 Å². The lowest BCUT2D eigenvalue weighted by molar-refractivity contribution is 0.0686. The maximum atomic E-state index is 11.7. The van der Waals surface area contributed by atoms with Gasteiger partial charge in [0.25, 0.3) is 0 Å². The summed E-state index contributed by atoms with van der Waals surface area (Å²) in [5, 5.41) is 24.0. The van der Waals surface area contributed by atoms with Crippen molar-refractivity contribution in [3.63, 3.8) is 0 Å². The summed E-state index contributed by atoms with van der Waals surface area (Å²) in [7, 11) is 0. The number of carboxylic acid groups (broad SMARTS) is 1. The predicted octanol–water partition coefficient (Wildman–Crippen LogP) is 4.34. The Bertz CT molecular complexity index is 894. The fourth-order valence-electron chi connectivity index (χ4n) is 2.92. The quantitative estimate of drug-likeness (QED) is 0.650. The Morgan fingerprint density at radius 2 is 2.11 bits per heavy atom. The zero-order chi connectivity index (χ0) is 19.7. The highest BCUT2D eigenvalue weighted by Crippen LogP contribution is 2.41. The summed E-state index contributed by atoms with van der Waals surface area (Å²) in [5.74, 6) is -0.0817. The van der Waals surface area contributed by atoms with E-state index < -0.39 is 5.97 Å². The summed E-state index contributed by atoms with van der Waals surface area (Å²) < 4.78 is 2.93. The zero-order valence-electron chi connectivity index (χ0n) is 15.3. The Hall–Kier alpha value is -1.57. The number of nitrogens with zero attached hydrogens (tertiary/aromatic N) is 5. The fourth-order valence-corrected chi connectivity index (χ4v) is 5.82. The Kier molecular flexibility index (Phi) is 6.13. The van der Waals surface area contributed by atoms with Crippen LogP contribution in [0.5, 0.6) is 0 Å². The molecule has 27 heavy (non-hydrogen) atoms. The number of hydrogen-bond donors (Lipinski definition) is 1. The van der Waals surface area contributed by atoms with Gasteiger partial charge in [-0.15, -0.1) is 11.8 Å². The second-order valence-electron chi connectivity index (χ2n) is 6.63. The third kappa shape index (κ3) is 4.15. The van der Waals surface area contributed by atoms with Gasteiger partial charge < -0.3 is 10.0 Å². The molecule has 0 spiro atoms. The number of nitriles is 1. The molecule has 0 saturated carbocycles. The first kappa shape index (κ1) is 20.2. The first-order chi connectivity index (χ1) is 12.8. The van der Waals surface area contributed by atoms with Crippen molar-refractivity contribution in [1.29, 1.82) is 5.26 Å². The van der Waals surface area contributed by atoms with Gasteiger partial charge in [0.1, 0.15) is 4.21 Å². The molecular weight excluding hydrogens is 450 g/mol. The topological polar surface area (TPSA) is 95.0 Å². The van der Waals surface area contributed by atoms with Crippen LogP contribution in [0.25, 0.3) is 5.13 Å². The molecule has 0 aliphatic carbocycles. The third-order valence-electron chi connectivity index (χ3n) is 4.26. The lowest BCUT2D eigenvalue weighted by Gasteiger charge is -2.30. The van der Waals surface area contributed by atoms with Gasteiger partial charge in [0, 0.05) is 24.3 Å². The van der Waals surface area contributed by atoms with Crippen molar-refractivity contribution < 1.29 is 9.90 Å². The van der Waals surface area contributed by atoms with E-state index in [1.807, 2.05) is 0 Å². The van der Waals surface area contributed by atoms with Crippen LogP contribution in [0.3, 0.4) is 0 Å². The van der Waals surface area contributed by atoms with Crippen LogP contribution < -0.4 is 4.90 Å². The standard InChI is InChI=1S/C17H20BrN5O2S2/c1-9(2)26-16-14(22-6-4-11(8-19)5-7-22)20-17(27-16)23-13(15(24)25)12(18)10(3)21-23/h9,11H,4-7H2,1-3H3,(H,24,25). The summed E-state index contributed by atoms with van der Waals surface area (Å²) in [6.45, 7) is 7.56. The van der Waals surface area contributed by atoms with Crippen LogP contribution >= 0.6 is 39.0 Å². The number of hydrogen-bond acceptors (Lipinski definition) is 7. The number of piperidine rings is 1. The van der Waals surface area contributed by atoms with Crippen LogP contribution in [0.1, 0.15) is 42.9 Å². The van der Waals surface area contributed by atoms with Gasteiger partial charge in [-0.2, -0.15) is 20.0 Å². The SMILES string of the molecule is Cc1nn(-c2nc(N3CCC(C#N)CC3)c(SC(C)C)s2)c(C(=O)O)c1Br. The largest absolute Gasteiger partial charge is 0.476 e. The van der Waals surface area contributed by atoms with Gasteiger partial charge in [-0.1, -0.05) is 25.2 Å². The van der Waals surface area contributed by atoms with Gasteiger partial charge in [-0.05, 0) is 35.7 Å². The van der Waals surface area contributed by atoms with E-state index in [0.717, 1.165) is 36.0 Å². The van der Waals surface area contributed by atoms with E-state index in [0.29, 0.717) is 20.5 Å². The number of carbonyl (C=O) groups is 1. The van der Waals surface area contributed by atoms with Gasteiger partial charge in [0.15, 0.2) is 11.5 Å². The van der Waals surface area contributed by atoms with E-state index in [2.05, 4.69) is 45.8 Å². The van der Waals surface area contributed by atoms with Crippen LogP contribution in [0, 0.1) is 24.2 Å². The van der Waals surface area contributed by atoms with Crippen LogP contribution in [0.15, 0.2) is 8.68 Å². The molecule has 10 heteroatoms. The van der Waals surface area contributed by atoms with E-state index in [-0.39, 0.29) is 11.6 Å². The van der Waals surface area contributed by atoms with Gasteiger partial charge >= 0.3 is 5.97 Å². The van der Waals surface area contributed by atoms with Crippen molar-refractivity contribution in [3.05, 3.63) is 15.9 Å². The number of anilines is 1. The van der Waals surface area contributed by atoms with Crippen molar-refractivity contribution in [3.8, 4) is 11.2 Å². The lowest BCUT2D eigenvalue weighted by Crippen LogP contribution is -2.33. The molecule has 1 aliphatic heterocycles. The van der Waals surface area contributed by atoms with Crippen molar-refractivity contribution in [2.24, 2.45) is 5.92 Å². The molecule has 0 unspecified atom stereocenters. The Balaban J connectivity index is 2.02. The minimum Gasteiger partial charge on any atom is -0.476 e. The van der Waals surface area contributed by atoms with E-state index >= 15 is 0 Å². The van der Waals surface area contributed by atoms with E-state index in [4.69, 9.17) is 10.2 Å². The molecule has 7 nitrogen and oxygen atoms in total. The van der Waals surface area contributed by atoms with Gasteiger partial charge in [0.2, 0.25) is 5.13 Å². The number of thioether (sulfide) groups is 1. The number of aromatic nitrogens is 3. The van der Waals surface area contributed by atoms with Crippen LogP contribution in [0.2, 0.25) is 0 Å². The summed E-state index contributed by atoms with van der Waals surface area (Å²) >= 11 is 6.49. The molecule has 0 atom stereocenters. The van der Waals surface area contributed by atoms with Crippen LogP contribution in [0.4, 0.5) is 5.82 Å². The summed E-state index contributed by atoms with van der Waals surface area (Å²) in [4.78, 5) is 18.7. The molecule has 0 bridgehead atoms. The number of aryl methyl sites for hydroxylation is 1. The number of aromatic carboxylic acids is 1. The maximum Gasteiger partial charge on any atom is 0.355 e. The van der Waals surface area contributed by atoms with E-state index in [1.54, 1.807) is 18.7 Å². The second kappa shape index (κ2) is 8.20. The Labute approximate surface area is 174 Å². The number of halogens is 1. The van der Waals surface area contributed by atoms with Gasteiger partial charge in [0.05, 0.1) is 16.2 Å². The smallest absolute Gasteiger partial charge is 0.355 e. The number of thiazole rings is 1. The molecule has 3 heterocycles. The molecule has 1 N–H and O–H groups in total. The minimum absolute atomic E-state index is 0.0806. The molecular formula is C17H20BrN5O2S2. The van der Waals surface area contributed by atoms with Crippen molar-refractivity contribution in [2.75, 3.05) is 18.0 Å².